The number of halogens is 3. The molecule has 1 aromatic heterocycles. The Morgan fingerprint density at radius 3 is 2.55 bits per heavy atom. The fourth-order valence-corrected chi connectivity index (χ4v) is 1.18. The van der Waals surface area contributed by atoms with Gasteiger partial charge in [0.15, 0.2) is 0 Å². The van der Waals surface area contributed by atoms with Crippen molar-refractivity contribution in [2.24, 2.45) is 0 Å². The Kier molecular flexibility index (Phi) is 5.44. The van der Waals surface area contributed by atoms with Gasteiger partial charge in [-0.1, -0.05) is 0 Å². The van der Waals surface area contributed by atoms with Crippen molar-refractivity contribution in [2.75, 3.05) is 19.8 Å². The summed E-state index contributed by atoms with van der Waals surface area (Å²) in [4.78, 5) is 25.6. The van der Waals surface area contributed by atoms with Gasteiger partial charge in [0.2, 0.25) is 0 Å². The van der Waals surface area contributed by atoms with Crippen LogP contribution in [-0.4, -0.2) is 47.9 Å². The summed E-state index contributed by atoms with van der Waals surface area (Å²) in [5.41, 5.74) is -0.110. The van der Waals surface area contributed by atoms with E-state index in [-0.39, 0.29) is 24.4 Å². The number of carboxylic acid groups (broad SMARTS) is 1. The molecule has 1 aromatic rings. The zero-order valence-corrected chi connectivity index (χ0v) is 10.1. The fourth-order valence-electron chi connectivity index (χ4n) is 1.18. The van der Waals surface area contributed by atoms with Crippen LogP contribution in [-0.2, 0) is 4.74 Å². The van der Waals surface area contributed by atoms with Crippen LogP contribution in [0.3, 0.4) is 0 Å². The zero-order chi connectivity index (χ0) is 15.2. The molecule has 0 unspecified atom stereocenters. The number of hydrogen-bond acceptors (Lipinski definition) is 4. The Bertz CT molecular complexity index is 474. The van der Waals surface area contributed by atoms with Gasteiger partial charge in [-0.15, -0.1) is 0 Å². The molecule has 0 atom stereocenters. The van der Waals surface area contributed by atoms with Gasteiger partial charge >= 0.3 is 12.1 Å². The molecule has 0 aliphatic carbocycles. The topological polar surface area (TPSA) is 88.5 Å². The van der Waals surface area contributed by atoms with E-state index in [0.29, 0.717) is 0 Å². The number of amides is 1. The number of carbonyl (C=O) groups excluding carboxylic acids is 1. The summed E-state index contributed by atoms with van der Waals surface area (Å²) in [7, 11) is 0. The molecule has 1 rings (SSSR count). The third-order valence-corrected chi connectivity index (χ3v) is 2.04. The first-order chi connectivity index (χ1) is 9.29. The number of aromatic nitrogens is 1. The van der Waals surface area contributed by atoms with E-state index in [0.717, 1.165) is 12.3 Å². The molecule has 0 radical (unpaired) electrons. The van der Waals surface area contributed by atoms with Gasteiger partial charge in [0, 0.05) is 12.7 Å². The van der Waals surface area contributed by atoms with Crippen LogP contribution in [0.5, 0.6) is 0 Å². The van der Waals surface area contributed by atoms with Crippen molar-refractivity contribution in [3.8, 4) is 0 Å². The van der Waals surface area contributed by atoms with Crippen LogP contribution in [0.1, 0.15) is 20.8 Å². The summed E-state index contributed by atoms with van der Waals surface area (Å²) < 4.78 is 39.5. The number of alkyl halides is 3. The second-order valence-electron chi connectivity index (χ2n) is 3.66. The van der Waals surface area contributed by atoms with Crippen molar-refractivity contribution in [1.29, 1.82) is 0 Å². The summed E-state index contributed by atoms with van der Waals surface area (Å²) in [6, 6.07) is 2.40. The van der Waals surface area contributed by atoms with Crippen molar-refractivity contribution >= 4 is 11.9 Å². The molecule has 110 valence electrons. The third-order valence-electron chi connectivity index (χ3n) is 2.04. The van der Waals surface area contributed by atoms with E-state index in [1.165, 1.54) is 6.07 Å². The second kappa shape index (κ2) is 6.85. The number of nitrogens with one attached hydrogen (secondary N) is 1. The number of carboxylic acids is 1. The van der Waals surface area contributed by atoms with E-state index >= 15 is 0 Å². The number of carbonyl (C=O) groups is 2. The third kappa shape index (κ3) is 5.65. The first-order valence-electron chi connectivity index (χ1n) is 5.41. The molecule has 0 aromatic carbocycles. The van der Waals surface area contributed by atoms with E-state index in [1.807, 2.05) is 0 Å². The molecular weight excluding hydrogens is 281 g/mol. The Hall–Kier alpha value is -2.16. The summed E-state index contributed by atoms with van der Waals surface area (Å²) in [5, 5.41) is 10.9. The van der Waals surface area contributed by atoms with Gasteiger partial charge in [-0.25, -0.2) is 9.78 Å². The lowest BCUT2D eigenvalue weighted by molar-refractivity contribution is -0.173. The molecule has 0 spiro atoms. The van der Waals surface area contributed by atoms with Crippen LogP contribution >= 0.6 is 0 Å². The predicted molar refractivity (Wildman–Crippen MR) is 60.4 cm³/mol. The van der Waals surface area contributed by atoms with E-state index in [2.05, 4.69) is 15.0 Å². The molecule has 0 fully saturated rings. The lowest BCUT2D eigenvalue weighted by Gasteiger charge is -2.08. The van der Waals surface area contributed by atoms with Crippen LogP contribution in [0.15, 0.2) is 18.3 Å². The normalized spacial score (nSPS) is 11.2. The van der Waals surface area contributed by atoms with Gasteiger partial charge in [-0.2, -0.15) is 13.2 Å². The number of hydrogen-bond donors (Lipinski definition) is 2. The lowest BCUT2D eigenvalue weighted by Crippen LogP contribution is -2.29. The molecule has 0 saturated carbocycles. The number of aromatic carboxylic acids is 1. The molecule has 1 heterocycles. The van der Waals surface area contributed by atoms with Gasteiger partial charge in [-0.3, -0.25) is 4.79 Å². The van der Waals surface area contributed by atoms with Gasteiger partial charge in [0.05, 0.1) is 12.2 Å². The maximum absolute atomic E-state index is 11.7. The number of rotatable bonds is 6. The standard InChI is InChI=1S/C11H11F3N2O4/c12-11(13,14)6-20-4-3-15-9(17)7-1-2-8(10(18)19)16-5-7/h1-2,5H,3-4,6H2,(H,15,17)(H,18,19). The van der Waals surface area contributed by atoms with Gasteiger partial charge in [0.25, 0.3) is 5.91 Å². The Balaban J connectivity index is 2.34. The summed E-state index contributed by atoms with van der Waals surface area (Å²) >= 11 is 0. The van der Waals surface area contributed by atoms with E-state index in [9.17, 15) is 22.8 Å². The minimum Gasteiger partial charge on any atom is -0.477 e. The molecule has 6 nitrogen and oxygen atoms in total. The predicted octanol–water partition coefficient (Wildman–Crippen LogP) is 1.09. The zero-order valence-electron chi connectivity index (χ0n) is 10.1. The first-order valence-corrected chi connectivity index (χ1v) is 5.41. The minimum atomic E-state index is -4.40. The molecule has 20 heavy (non-hydrogen) atoms. The van der Waals surface area contributed by atoms with Crippen molar-refractivity contribution in [1.82, 2.24) is 10.3 Å². The van der Waals surface area contributed by atoms with Gasteiger partial charge in [-0.05, 0) is 12.1 Å². The monoisotopic (exact) mass is 292 g/mol. The first kappa shape index (κ1) is 15.9. The quantitative estimate of drug-likeness (QED) is 0.766. The van der Waals surface area contributed by atoms with Gasteiger partial charge < -0.3 is 15.2 Å². The average molecular weight is 292 g/mol. The SMILES string of the molecule is O=C(NCCOCC(F)(F)F)c1ccc(C(=O)O)nc1. The molecule has 0 bridgehead atoms. The molecule has 9 heteroatoms. The molecule has 1 amide bonds. The van der Waals surface area contributed by atoms with Crippen LogP contribution in [0.25, 0.3) is 0 Å². The van der Waals surface area contributed by atoms with Crippen molar-refractivity contribution in [3.05, 3.63) is 29.6 Å². The largest absolute Gasteiger partial charge is 0.477 e. The maximum Gasteiger partial charge on any atom is 0.411 e. The summed E-state index contributed by atoms with van der Waals surface area (Å²) in [5.74, 6) is -1.80. The molecule has 2 N–H and O–H groups in total. The Labute approximate surface area is 111 Å². The van der Waals surface area contributed by atoms with Gasteiger partial charge in [0.1, 0.15) is 12.3 Å². The van der Waals surface area contributed by atoms with Crippen molar-refractivity contribution in [2.45, 2.75) is 6.18 Å². The van der Waals surface area contributed by atoms with E-state index in [4.69, 9.17) is 5.11 Å². The Morgan fingerprint density at radius 1 is 1.35 bits per heavy atom. The highest BCUT2D eigenvalue weighted by atomic mass is 19.4. The van der Waals surface area contributed by atoms with Crippen molar-refractivity contribution in [3.63, 3.8) is 0 Å². The fraction of sp³-hybridized carbons (Fsp3) is 0.364. The maximum atomic E-state index is 11.7. The lowest BCUT2D eigenvalue weighted by atomic mass is 10.2. The van der Waals surface area contributed by atoms with Crippen LogP contribution in [0.2, 0.25) is 0 Å². The summed E-state index contributed by atoms with van der Waals surface area (Å²) in [6.45, 7) is -1.76. The smallest absolute Gasteiger partial charge is 0.411 e. The molecule has 0 aliphatic rings. The average Bonchev–Trinajstić information content (AvgIpc) is 2.37. The second-order valence-corrected chi connectivity index (χ2v) is 3.66. The van der Waals surface area contributed by atoms with Crippen molar-refractivity contribution < 1.29 is 32.6 Å². The van der Waals surface area contributed by atoms with E-state index < -0.39 is 24.7 Å². The summed E-state index contributed by atoms with van der Waals surface area (Å²) in [6.07, 6.45) is -3.34. The highest BCUT2D eigenvalue weighted by molar-refractivity contribution is 5.94. The number of nitrogens with zero attached hydrogens (tertiary/aromatic N) is 1. The Morgan fingerprint density at radius 2 is 2.05 bits per heavy atom. The highest BCUT2D eigenvalue weighted by Crippen LogP contribution is 2.13. The van der Waals surface area contributed by atoms with Crippen LogP contribution in [0, 0.1) is 0 Å². The number of pyridine rings is 1. The molecule has 0 aliphatic heterocycles. The van der Waals surface area contributed by atoms with Crippen LogP contribution in [0.4, 0.5) is 13.2 Å². The molecule has 0 saturated heterocycles. The molecular formula is C11H11F3N2O4. The highest BCUT2D eigenvalue weighted by Gasteiger charge is 2.27. The van der Waals surface area contributed by atoms with E-state index in [1.54, 1.807) is 0 Å². The van der Waals surface area contributed by atoms with Crippen LogP contribution < -0.4 is 5.32 Å². The number of ether oxygens (including phenoxy) is 1. The minimum absolute atomic E-state index is 0.102.